The van der Waals surface area contributed by atoms with Crippen LogP contribution in [0.5, 0.6) is 0 Å². The third-order valence-corrected chi connectivity index (χ3v) is 2.37. The Morgan fingerprint density at radius 3 is 2.81 bits per heavy atom. The van der Waals surface area contributed by atoms with Crippen molar-refractivity contribution in [3.8, 4) is 6.07 Å². The molecule has 0 aliphatic heterocycles. The molecule has 0 unspecified atom stereocenters. The van der Waals surface area contributed by atoms with Gasteiger partial charge >= 0.3 is 5.97 Å². The first kappa shape index (κ1) is 12.2. The van der Waals surface area contributed by atoms with Crippen molar-refractivity contribution < 1.29 is 9.53 Å². The predicted octanol–water partition coefficient (Wildman–Crippen LogP) is 0.909. The maximum atomic E-state index is 11.1. The SMILES string of the molecule is COC(=O)[C@@H](N)Cc1ccc(C#N)c(C)c1. The van der Waals surface area contributed by atoms with Gasteiger partial charge in [0.2, 0.25) is 0 Å². The predicted molar refractivity (Wildman–Crippen MR) is 59.6 cm³/mol. The van der Waals surface area contributed by atoms with Gasteiger partial charge in [-0.2, -0.15) is 5.26 Å². The van der Waals surface area contributed by atoms with Crippen LogP contribution in [-0.2, 0) is 16.0 Å². The second-order valence-corrected chi connectivity index (χ2v) is 3.59. The van der Waals surface area contributed by atoms with E-state index in [1.54, 1.807) is 12.1 Å². The molecule has 1 rings (SSSR count). The summed E-state index contributed by atoms with van der Waals surface area (Å²) in [6.07, 6.45) is 0.416. The van der Waals surface area contributed by atoms with Gasteiger partial charge < -0.3 is 10.5 Å². The lowest BCUT2D eigenvalue weighted by atomic mass is 10.0. The molecular weight excluding hydrogens is 204 g/mol. The molecule has 0 fully saturated rings. The van der Waals surface area contributed by atoms with Crippen molar-refractivity contribution in [3.63, 3.8) is 0 Å². The molecule has 0 aliphatic rings. The maximum Gasteiger partial charge on any atom is 0.322 e. The average molecular weight is 218 g/mol. The molecule has 16 heavy (non-hydrogen) atoms. The third-order valence-electron chi connectivity index (χ3n) is 2.37. The van der Waals surface area contributed by atoms with E-state index in [9.17, 15) is 4.79 Å². The second kappa shape index (κ2) is 5.29. The minimum Gasteiger partial charge on any atom is -0.468 e. The van der Waals surface area contributed by atoms with E-state index in [2.05, 4.69) is 10.8 Å². The zero-order chi connectivity index (χ0) is 12.1. The van der Waals surface area contributed by atoms with E-state index >= 15 is 0 Å². The molecule has 0 aliphatic carbocycles. The van der Waals surface area contributed by atoms with Crippen molar-refractivity contribution in [1.82, 2.24) is 0 Å². The number of nitriles is 1. The van der Waals surface area contributed by atoms with Crippen molar-refractivity contribution in [2.45, 2.75) is 19.4 Å². The molecule has 0 radical (unpaired) electrons. The van der Waals surface area contributed by atoms with E-state index in [0.717, 1.165) is 11.1 Å². The summed E-state index contributed by atoms with van der Waals surface area (Å²) in [5.41, 5.74) is 8.09. The summed E-state index contributed by atoms with van der Waals surface area (Å²) in [4.78, 5) is 11.1. The van der Waals surface area contributed by atoms with Gasteiger partial charge in [0.25, 0.3) is 0 Å². The lowest BCUT2D eigenvalue weighted by molar-refractivity contribution is -0.142. The fraction of sp³-hybridized carbons (Fsp3) is 0.333. The first-order valence-electron chi connectivity index (χ1n) is 4.91. The number of hydrogen-bond donors (Lipinski definition) is 1. The Morgan fingerprint density at radius 2 is 2.31 bits per heavy atom. The Kier molecular flexibility index (Phi) is 4.03. The summed E-state index contributed by atoms with van der Waals surface area (Å²) in [7, 11) is 1.31. The minimum absolute atomic E-state index is 0.416. The highest BCUT2D eigenvalue weighted by Gasteiger charge is 2.14. The van der Waals surface area contributed by atoms with Gasteiger partial charge in [0.1, 0.15) is 6.04 Å². The Hall–Kier alpha value is -1.86. The normalized spacial score (nSPS) is 11.6. The van der Waals surface area contributed by atoms with E-state index in [1.807, 2.05) is 13.0 Å². The number of aryl methyl sites for hydroxylation is 1. The van der Waals surface area contributed by atoms with E-state index in [1.165, 1.54) is 7.11 Å². The zero-order valence-corrected chi connectivity index (χ0v) is 9.36. The Bertz CT molecular complexity index is 435. The van der Waals surface area contributed by atoms with Crippen LogP contribution in [0.3, 0.4) is 0 Å². The van der Waals surface area contributed by atoms with Crippen LogP contribution in [0.4, 0.5) is 0 Å². The molecule has 1 aromatic carbocycles. The van der Waals surface area contributed by atoms with Gasteiger partial charge in [0.15, 0.2) is 0 Å². The Balaban J connectivity index is 2.80. The number of hydrogen-bond acceptors (Lipinski definition) is 4. The third kappa shape index (κ3) is 2.81. The van der Waals surface area contributed by atoms with Gasteiger partial charge in [-0.05, 0) is 30.5 Å². The fourth-order valence-corrected chi connectivity index (χ4v) is 1.47. The summed E-state index contributed by atoms with van der Waals surface area (Å²) in [6.45, 7) is 1.85. The van der Waals surface area contributed by atoms with Gasteiger partial charge in [-0.25, -0.2) is 0 Å². The fourth-order valence-electron chi connectivity index (χ4n) is 1.47. The number of carbonyl (C=O) groups is 1. The van der Waals surface area contributed by atoms with Gasteiger partial charge in [-0.3, -0.25) is 4.79 Å². The number of nitrogens with zero attached hydrogens (tertiary/aromatic N) is 1. The number of benzene rings is 1. The average Bonchev–Trinajstić information content (AvgIpc) is 2.28. The first-order chi connectivity index (χ1) is 7.58. The number of nitrogens with two attached hydrogens (primary N) is 1. The number of rotatable bonds is 3. The molecule has 2 N–H and O–H groups in total. The Morgan fingerprint density at radius 1 is 1.62 bits per heavy atom. The minimum atomic E-state index is -0.655. The second-order valence-electron chi connectivity index (χ2n) is 3.59. The van der Waals surface area contributed by atoms with E-state index in [4.69, 9.17) is 11.0 Å². The summed E-state index contributed by atoms with van der Waals surface area (Å²) in [6, 6.07) is 6.82. The van der Waals surface area contributed by atoms with Gasteiger partial charge in [0, 0.05) is 0 Å². The zero-order valence-electron chi connectivity index (χ0n) is 9.36. The molecule has 1 aromatic rings. The monoisotopic (exact) mass is 218 g/mol. The number of ether oxygens (including phenoxy) is 1. The van der Waals surface area contributed by atoms with Crippen molar-refractivity contribution >= 4 is 5.97 Å². The van der Waals surface area contributed by atoms with Crippen LogP contribution in [0.1, 0.15) is 16.7 Å². The Labute approximate surface area is 94.6 Å². The molecule has 1 atom stereocenters. The molecule has 0 aromatic heterocycles. The molecular formula is C12H14N2O2. The largest absolute Gasteiger partial charge is 0.468 e. The lowest BCUT2D eigenvalue weighted by Crippen LogP contribution is -2.33. The topological polar surface area (TPSA) is 76.1 Å². The molecule has 0 spiro atoms. The molecule has 4 nitrogen and oxygen atoms in total. The van der Waals surface area contributed by atoms with Crippen molar-refractivity contribution in [1.29, 1.82) is 5.26 Å². The highest BCUT2D eigenvalue weighted by Crippen LogP contribution is 2.11. The summed E-state index contributed by atoms with van der Waals surface area (Å²) in [5.74, 6) is -0.429. The maximum absolute atomic E-state index is 11.1. The first-order valence-corrected chi connectivity index (χ1v) is 4.91. The molecule has 0 bridgehead atoms. The molecule has 0 saturated heterocycles. The summed E-state index contributed by atoms with van der Waals surface area (Å²) < 4.78 is 4.54. The van der Waals surface area contributed by atoms with Crippen LogP contribution < -0.4 is 5.73 Å². The number of carbonyl (C=O) groups excluding carboxylic acids is 1. The number of methoxy groups -OCH3 is 1. The highest BCUT2D eigenvalue weighted by atomic mass is 16.5. The van der Waals surface area contributed by atoms with E-state index in [0.29, 0.717) is 12.0 Å². The van der Waals surface area contributed by atoms with Crippen LogP contribution in [-0.4, -0.2) is 19.1 Å². The van der Waals surface area contributed by atoms with E-state index < -0.39 is 12.0 Å². The van der Waals surface area contributed by atoms with Gasteiger partial charge in [0.05, 0.1) is 18.7 Å². The number of esters is 1. The van der Waals surface area contributed by atoms with Crippen LogP contribution in [0.15, 0.2) is 18.2 Å². The summed E-state index contributed by atoms with van der Waals surface area (Å²) in [5, 5.41) is 8.77. The van der Waals surface area contributed by atoms with Crippen molar-refractivity contribution in [2.24, 2.45) is 5.73 Å². The summed E-state index contributed by atoms with van der Waals surface area (Å²) >= 11 is 0. The van der Waals surface area contributed by atoms with Crippen LogP contribution in [0.25, 0.3) is 0 Å². The van der Waals surface area contributed by atoms with Crippen LogP contribution in [0, 0.1) is 18.3 Å². The van der Waals surface area contributed by atoms with Crippen LogP contribution in [0.2, 0.25) is 0 Å². The highest BCUT2D eigenvalue weighted by molar-refractivity contribution is 5.75. The molecule has 0 saturated carbocycles. The van der Waals surface area contributed by atoms with Crippen molar-refractivity contribution in [2.75, 3.05) is 7.11 Å². The molecule has 4 heteroatoms. The molecule has 0 amide bonds. The lowest BCUT2D eigenvalue weighted by Gasteiger charge is -2.09. The molecule has 0 heterocycles. The standard InChI is InChI=1S/C12H14N2O2/c1-8-5-9(3-4-10(8)7-13)6-11(14)12(15)16-2/h3-5,11H,6,14H2,1-2H3/t11-/m0/s1. The van der Waals surface area contributed by atoms with Gasteiger partial charge in [-0.15, -0.1) is 0 Å². The van der Waals surface area contributed by atoms with Crippen LogP contribution >= 0.6 is 0 Å². The smallest absolute Gasteiger partial charge is 0.322 e. The quantitative estimate of drug-likeness (QED) is 0.765. The van der Waals surface area contributed by atoms with E-state index in [-0.39, 0.29) is 0 Å². The van der Waals surface area contributed by atoms with Crippen molar-refractivity contribution in [3.05, 3.63) is 34.9 Å². The molecule has 84 valence electrons. The van der Waals surface area contributed by atoms with Gasteiger partial charge in [-0.1, -0.05) is 12.1 Å².